The number of phenols is 1. The topological polar surface area (TPSA) is 139 Å². The fraction of sp³-hybridized carbons (Fsp3) is 0.308. The number of aryl methyl sites for hydroxylation is 1. The fourth-order valence-electron chi connectivity index (χ4n) is 1.90. The van der Waals surface area contributed by atoms with E-state index in [1.54, 1.807) is 13.0 Å². The Morgan fingerprint density at radius 2 is 2.10 bits per heavy atom. The summed E-state index contributed by atoms with van der Waals surface area (Å²) >= 11 is 0. The normalized spacial score (nSPS) is 16.7. The van der Waals surface area contributed by atoms with E-state index in [0.29, 0.717) is 11.3 Å². The molecule has 1 aromatic carbocycles. The number of hydrogen-bond donors (Lipinski definition) is 5. The van der Waals surface area contributed by atoms with Gasteiger partial charge in [0.2, 0.25) is 0 Å². The first-order chi connectivity index (χ1) is 9.97. The van der Waals surface area contributed by atoms with E-state index >= 15 is 0 Å². The Balaban J connectivity index is 2.43. The molecule has 0 atom stereocenters. The Bertz CT molecular complexity index is 639. The Morgan fingerprint density at radius 3 is 2.71 bits per heavy atom. The first-order valence-electron chi connectivity index (χ1n) is 6.31. The molecular formula is C13H17N5O3. The lowest BCUT2D eigenvalue weighted by atomic mass is 10.1. The molecule has 112 valence electrons. The number of nitrogens with two attached hydrogens (primary N) is 1. The molecule has 21 heavy (non-hydrogen) atoms. The minimum absolute atomic E-state index is 0.0155. The van der Waals surface area contributed by atoms with Crippen LogP contribution in [0.3, 0.4) is 0 Å². The van der Waals surface area contributed by atoms with Crippen LogP contribution in [0.1, 0.15) is 5.56 Å². The van der Waals surface area contributed by atoms with Crippen LogP contribution in [-0.4, -0.2) is 57.3 Å². The number of anilines is 1. The van der Waals surface area contributed by atoms with Crippen LogP contribution in [0, 0.1) is 12.3 Å². The molecule has 2 rings (SSSR count). The maximum atomic E-state index is 9.58. The molecule has 0 aliphatic carbocycles. The summed E-state index contributed by atoms with van der Waals surface area (Å²) in [6.07, 6.45) is 0. The number of aliphatic hydroxyl groups is 2. The van der Waals surface area contributed by atoms with Crippen molar-refractivity contribution in [1.29, 1.82) is 5.41 Å². The number of rotatable bonds is 4. The Morgan fingerprint density at radius 1 is 1.38 bits per heavy atom. The van der Waals surface area contributed by atoms with E-state index in [1.165, 1.54) is 11.1 Å². The molecule has 0 saturated heterocycles. The van der Waals surface area contributed by atoms with Crippen molar-refractivity contribution < 1.29 is 15.3 Å². The van der Waals surface area contributed by atoms with Gasteiger partial charge in [0.15, 0.2) is 5.84 Å². The Labute approximate surface area is 121 Å². The van der Waals surface area contributed by atoms with Crippen molar-refractivity contribution >= 4 is 28.6 Å². The third-order valence-corrected chi connectivity index (χ3v) is 3.04. The molecule has 0 saturated carbocycles. The highest BCUT2D eigenvalue weighted by Gasteiger charge is 2.27. The fourth-order valence-corrected chi connectivity index (χ4v) is 1.90. The largest absolute Gasteiger partial charge is 0.508 e. The summed E-state index contributed by atoms with van der Waals surface area (Å²) in [7, 11) is 0. The van der Waals surface area contributed by atoms with Gasteiger partial charge in [0.1, 0.15) is 17.2 Å². The second-order valence-corrected chi connectivity index (χ2v) is 4.56. The number of nitrogens with one attached hydrogen (secondary N) is 1. The number of hydrazone groups is 1. The summed E-state index contributed by atoms with van der Waals surface area (Å²) < 4.78 is 0. The Hall–Kier alpha value is -2.45. The monoisotopic (exact) mass is 291 g/mol. The van der Waals surface area contributed by atoms with Gasteiger partial charge in [0.05, 0.1) is 31.1 Å². The highest BCUT2D eigenvalue weighted by atomic mass is 16.3. The molecule has 0 amide bonds. The zero-order chi connectivity index (χ0) is 15.6. The highest BCUT2D eigenvalue weighted by Crippen LogP contribution is 2.30. The molecule has 0 bridgehead atoms. The second-order valence-electron chi connectivity index (χ2n) is 4.56. The van der Waals surface area contributed by atoms with E-state index in [2.05, 4.69) is 10.1 Å². The number of nitrogens with zero attached hydrogens (tertiary/aromatic N) is 3. The van der Waals surface area contributed by atoms with Crippen LogP contribution in [0.25, 0.3) is 0 Å². The molecule has 1 aliphatic heterocycles. The summed E-state index contributed by atoms with van der Waals surface area (Å²) in [5.74, 6) is 0.0501. The lowest BCUT2D eigenvalue weighted by molar-refractivity contribution is 0.254. The number of nitrogen functional groups attached to an aromatic ring is 1. The number of hydrogen-bond acceptors (Lipinski definition) is 7. The smallest absolute Gasteiger partial charge is 0.169 e. The summed E-state index contributed by atoms with van der Waals surface area (Å²) in [6, 6.07) is 2.98. The number of aromatic hydroxyl groups is 1. The van der Waals surface area contributed by atoms with Gasteiger partial charge in [-0.15, -0.1) is 0 Å². The van der Waals surface area contributed by atoms with Crippen molar-refractivity contribution in [2.24, 2.45) is 10.1 Å². The van der Waals surface area contributed by atoms with Gasteiger partial charge in [-0.2, -0.15) is 5.10 Å². The van der Waals surface area contributed by atoms with E-state index in [9.17, 15) is 10.2 Å². The molecule has 1 aliphatic rings. The quantitative estimate of drug-likeness (QED) is 0.496. The minimum Gasteiger partial charge on any atom is -0.508 e. The number of phenolic OH excluding ortho intramolecular Hbond substituents is 1. The predicted molar refractivity (Wildman–Crippen MR) is 80.4 cm³/mol. The van der Waals surface area contributed by atoms with E-state index in [1.807, 2.05) is 0 Å². The number of amidine groups is 1. The maximum Gasteiger partial charge on any atom is 0.169 e. The van der Waals surface area contributed by atoms with Crippen LogP contribution in [0.2, 0.25) is 0 Å². The van der Waals surface area contributed by atoms with E-state index in [0.717, 1.165) is 0 Å². The Kier molecular flexibility index (Phi) is 4.20. The van der Waals surface area contributed by atoms with Crippen LogP contribution >= 0.6 is 0 Å². The van der Waals surface area contributed by atoms with Gasteiger partial charge < -0.3 is 21.1 Å². The molecule has 8 heteroatoms. The van der Waals surface area contributed by atoms with Gasteiger partial charge in [0, 0.05) is 6.07 Å². The van der Waals surface area contributed by atoms with Gasteiger partial charge in [0.25, 0.3) is 0 Å². The van der Waals surface area contributed by atoms with E-state index < -0.39 is 0 Å². The molecule has 0 spiro atoms. The van der Waals surface area contributed by atoms with E-state index in [-0.39, 0.29) is 48.5 Å². The first-order valence-corrected chi connectivity index (χ1v) is 6.31. The van der Waals surface area contributed by atoms with Crippen LogP contribution in [0.5, 0.6) is 5.75 Å². The van der Waals surface area contributed by atoms with Gasteiger partial charge in [-0.25, -0.2) is 10.0 Å². The van der Waals surface area contributed by atoms with Gasteiger partial charge in [-0.05, 0) is 18.6 Å². The summed E-state index contributed by atoms with van der Waals surface area (Å²) in [5.41, 5.74) is 7.48. The summed E-state index contributed by atoms with van der Waals surface area (Å²) in [6.45, 7) is 1.31. The van der Waals surface area contributed by atoms with Crippen molar-refractivity contribution in [2.75, 3.05) is 25.5 Å². The number of benzene rings is 1. The molecule has 1 heterocycles. The van der Waals surface area contributed by atoms with Crippen molar-refractivity contribution in [2.45, 2.75) is 6.92 Å². The standard InChI is InChI=1S/C13H17N5O3/c1-7-4-9(8(14)5-11(7)21)16-12-10(6-20)17-18(2-3-19)13(12)15/h4-5,15,19-21H,2-3,6,14H2,1H3. The number of aliphatic imine (C=N–C) groups is 1. The molecular weight excluding hydrogens is 274 g/mol. The number of β-amino-alcohol motifs (C(OH)–C–C–N with tert-alkyl or cyclic N) is 1. The van der Waals surface area contributed by atoms with Crippen molar-refractivity contribution in [3.8, 4) is 5.75 Å². The van der Waals surface area contributed by atoms with Crippen molar-refractivity contribution in [3.63, 3.8) is 0 Å². The van der Waals surface area contributed by atoms with Crippen molar-refractivity contribution in [1.82, 2.24) is 5.01 Å². The molecule has 0 aromatic heterocycles. The van der Waals surface area contributed by atoms with Gasteiger partial charge >= 0.3 is 0 Å². The molecule has 6 N–H and O–H groups in total. The number of aliphatic hydroxyl groups excluding tert-OH is 2. The molecule has 0 unspecified atom stereocenters. The van der Waals surface area contributed by atoms with E-state index in [4.69, 9.17) is 16.2 Å². The van der Waals surface area contributed by atoms with Gasteiger partial charge in [-0.1, -0.05) is 0 Å². The lowest BCUT2D eigenvalue weighted by Crippen LogP contribution is -2.29. The molecule has 0 fully saturated rings. The predicted octanol–water partition coefficient (Wildman–Crippen LogP) is -0.0112. The van der Waals surface area contributed by atoms with Crippen LogP contribution in [0.15, 0.2) is 22.2 Å². The summed E-state index contributed by atoms with van der Waals surface area (Å²) in [5, 5.41) is 41.1. The van der Waals surface area contributed by atoms with Crippen LogP contribution < -0.4 is 5.73 Å². The highest BCUT2D eigenvalue weighted by molar-refractivity contribution is 6.70. The average molecular weight is 291 g/mol. The molecule has 8 nitrogen and oxygen atoms in total. The second kappa shape index (κ2) is 5.90. The van der Waals surface area contributed by atoms with Crippen molar-refractivity contribution in [3.05, 3.63) is 17.7 Å². The summed E-state index contributed by atoms with van der Waals surface area (Å²) in [4.78, 5) is 4.27. The average Bonchev–Trinajstić information content (AvgIpc) is 2.73. The maximum absolute atomic E-state index is 9.58. The third kappa shape index (κ3) is 2.86. The third-order valence-electron chi connectivity index (χ3n) is 3.04. The van der Waals surface area contributed by atoms with Crippen LogP contribution in [-0.2, 0) is 0 Å². The lowest BCUT2D eigenvalue weighted by Gasteiger charge is -2.11. The SMILES string of the molecule is Cc1cc(N=C2C(=N)N(CCO)N=C2CO)c(N)cc1O. The minimum atomic E-state index is -0.375. The van der Waals surface area contributed by atoms with Crippen LogP contribution in [0.4, 0.5) is 11.4 Å². The zero-order valence-corrected chi connectivity index (χ0v) is 11.5. The molecule has 0 radical (unpaired) electrons. The van der Waals surface area contributed by atoms with Gasteiger partial charge in [-0.3, -0.25) is 5.41 Å². The molecule has 1 aromatic rings. The zero-order valence-electron chi connectivity index (χ0n) is 11.5. The first kappa shape index (κ1) is 14.9.